The third-order valence-electron chi connectivity index (χ3n) is 4.89. The van der Waals surface area contributed by atoms with Crippen molar-refractivity contribution in [1.82, 2.24) is 4.90 Å². The van der Waals surface area contributed by atoms with E-state index in [2.05, 4.69) is 34.7 Å². The lowest BCUT2D eigenvalue weighted by atomic mass is 9.83. The minimum atomic E-state index is -0.410. The molecule has 1 N–H and O–H groups in total. The summed E-state index contributed by atoms with van der Waals surface area (Å²) >= 11 is 3.50. The summed E-state index contributed by atoms with van der Waals surface area (Å²) in [6, 6.07) is 6.51. The second-order valence-corrected chi connectivity index (χ2v) is 7.59. The largest absolute Gasteiger partial charge is 0.487 e. The van der Waals surface area contributed by atoms with Gasteiger partial charge < -0.3 is 14.7 Å². The molecule has 0 saturated carbocycles. The lowest BCUT2D eigenvalue weighted by molar-refractivity contribution is -0.0243. The van der Waals surface area contributed by atoms with Crippen molar-refractivity contribution in [2.45, 2.75) is 57.3 Å². The number of nitrogens with zero attached hydrogens (tertiary/aromatic N) is 1. The zero-order chi connectivity index (χ0) is 15.0. The van der Waals surface area contributed by atoms with Gasteiger partial charge in [-0.15, -0.1) is 0 Å². The van der Waals surface area contributed by atoms with E-state index in [4.69, 9.17) is 4.74 Å². The molecule has 2 atom stereocenters. The van der Waals surface area contributed by atoms with Crippen LogP contribution in [0.4, 0.5) is 0 Å². The molecule has 1 spiro atoms. The summed E-state index contributed by atoms with van der Waals surface area (Å²) < 4.78 is 7.41. The second-order valence-electron chi connectivity index (χ2n) is 6.67. The highest BCUT2D eigenvalue weighted by Gasteiger charge is 2.41. The van der Waals surface area contributed by atoms with E-state index in [0.717, 1.165) is 48.1 Å². The van der Waals surface area contributed by atoms with Gasteiger partial charge in [0.05, 0.1) is 6.10 Å². The van der Waals surface area contributed by atoms with Crippen molar-refractivity contribution in [1.29, 1.82) is 0 Å². The maximum absolute atomic E-state index is 10.5. The van der Waals surface area contributed by atoms with Crippen LogP contribution in [0.2, 0.25) is 0 Å². The first-order valence-corrected chi connectivity index (χ1v) is 8.69. The van der Waals surface area contributed by atoms with Crippen molar-refractivity contribution in [2.24, 2.45) is 0 Å². The second kappa shape index (κ2) is 5.90. The van der Waals surface area contributed by atoms with Gasteiger partial charge in [-0.3, -0.25) is 0 Å². The molecule has 2 aliphatic rings. The smallest absolute Gasteiger partial charge is 0.127 e. The molecule has 116 valence electrons. The van der Waals surface area contributed by atoms with Crippen LogP contribution >= 0.6 is 15.9 Å². The van der Waals surface area contributed by atoms with Crippen LogP contribution in [0.25, 0.3) is 0 Å². The maximum atomic E-state index is 10.5. The summed E-state index contributed by atoms with van der Waals surface area (Å²) in [4.78, 5) is 2.51. The average molecular weight is 354 g/mol. The van der Waals surface area contributed by atoms with E-state index >= 15 is 0 Å². The lowest BCUT2D eigenvalue weighted by Crippen LogP contribution is -2.42. The van der Waals surface area contributed by atoms with Crippen LogP contribution < -0.4 is 4.74 Å². The first kappa shape index (κ1) is 15.3. The van der Waals surface area contributed by atoms with Gasteiger partial charge in [0.2, 0.25) is 0 Å². The van der Waals surface area contributed by atoms with E-state index in [1.165, 1.54) is 0 Å². The Hall–Kier alpha value is -0.580. The Kier molecular flexibility index (Phi) is 4.30. The highest BCUT2D eigenvalue weighted by atomic mass is 79.9. The molecule has 0 aromatic heterocycles. The van der Waals surface area contributed by atoms with Gasteiger partial charge in [0.25, 0.3) is 0 Å². The first-order chi connectivity index (χ1) is 9.99. The molecule has 1 aromatic carbocycles. The Labute approximate surface area is 135 Å². The number of rotatable bonds is 1. The number of hydrogen-bond donors (Lipinski definition) is 1. The van der Waals surface area contributed by atoms with Crippen molar-refractivity contribution >= 4 is 15.9 Å². The van der Waals surface area contributed by atoms with E-state index in [1.807, 2.05) is 18.2 Å². The van der Waals surface area contributed by atoms with Crippen molar-refractivity contribution in [3.05, 3.63) is 28.2 Å². The van der Waals surface area contributed by atoms with Gasteiger partial charge in [-0.25, -0.2) is 0 Å². The van der Waals surface area contributed by atoms with Gasteiger partial charge in [-0.2, -0.15) is 0 Å². The van der Waals surface area contributed by atoms with Crippen LogP contribution in [-0.2, 0) is 0 Å². The van der Waals surface area contributed by atoms with Crippen LogP contribution in [0.5, 0.6) is 5.75 Å². The number of hydrogen-bond acceptors (Lipinski definition) is 3. The van der Waals surface area contributed by atoms with Crippen LogP contribution in [-0.4, -0.2) is 34.7 Å². The molecule has 21 heavy (non-hydrogen) atoms. The van der Waals surface area contributed by atoms with Crippen molar-refractivity contribution in [3.8, 4) is 5.75 Å². The van der Waals surface area contributed by atoms with Crippen LogP contribution in [0.1, 0.15) is 51.2 Å². The highest BCUT2D eigenvalue weighted by molar-refractivity contribution is 9.10. The minimum absolute atomic E-state index is 0.198. The van der Waals surface area contributed by atoms with E-state index in [1.54, 1.807) is 0 Å². The number of halogens is 1. The zero-order valence-corrected chi connectivity index (χ0v) is 14.4. The van der Waals surface area contributed by atoms with Gasteiger partial charge in [0.1, 0.15) is 11.4 Å². The number of benzene rings is 1. The lowest BCUT2D eigenvalue weighted by Gasteiger charge is -2.40. The van der Waals surface area contributed by atoms with Gasteiger partial charge in [-0.05, 0) is 51.8 Å². The maximum Gasteiger partial charge on any atom is 0.127 e. The van der Waals surface area contributed by atoms with Crippen LogP contribution in [0.15, 0.2) is 22.7 Å². The first-order valence-electron chi connectivity index (χ1n) is 7.90. The van der Waals surface area contributed by atoms with Crippen molar-refractivity contribution in [2.75, 3.05) is 13.1 Å². The van der Waals surface area contributed by atoms with Crippen molar-refractivity contribution in [3.63, 3.8) is 0 Å². The average Bonchev–Trinajstić information content (AvgIpc) is 2.61. The van der Waals surface area contributed by atoms with E-state index < -0.39 is 6.10 Å². The molecule has 1 unspecified atom stereocenters. The van der Waals surface area contributed by atoms with E-state index in [-0.39, 0.29) is 5.60 Å². The fourth-order valence-corrected chi connectivity index (χ4v) is 3.96. The Morgan fingerprint density at radius 2 is 2.14 bits per heavy atom. The van der Waals surface area contributed by atoms with Gasteiger partial charge in [0, 0.05) is 29.0 Å². The molecule has 1 saturated heterocycles. The monoisotopic (exact) mass is 353 g/mol. The Morgan fingerprint density at radius 3 is 2.90 bits per heavy atom. The van der Waals surface area contributed by atoms with Gasteiger partial charge in [-0.1, -0.05) is 22.0 Å². The number of likely N-dealkylation sites (tertiary alicyclic amines) is 1. The molecule has 2 aliphatic heterocycles. The van der Waals surface area contributed by atoms with Gasteiger partial charge >= 0.3 is 0 Å². The van der Waals surface area contributed by atoms with Gasteiger partial charge in [0.15, 0.2) is 0 Å². The molecule has 0 aliphatic carbocycles. The number of aliphatic hydroxyl groups is 1. The predicted octanol–water partition coefficient (Wildman–Crippen LogP) is 3.90. The topological polar surface area (TPSA) is 32.7 Å². The molecule has 1 aromatic rings. The zero-order valence-electron chi connectivity index (χ0n) is 12.8. The molecular formula is C17H24BrNO2. The summed E-state index contributed by atoms with van der Waals surface area (Å²) in [5.74, 6) is 0.848. The Bertz CT molecular complexity index is 520. The third kappa shape index (κ3) is 3.13. The molecule has 3 rings (SSSR count). The SMILES string of the molecule is CC(C)N1CCCC2(CC1)C[C@@H](O)c1ccc(Br)cc1O2. The Morgan fingerprint density at radius 1 is 1.33 bits per heavy atom. The quantitative estimate of drug-likeness (QED) is 0.830. The Balaban J connectivity index is 1.83. The molecule has 1 fully saturated rings. The fourth-order valence-electron chi connectivity index (χ4n) is 3.62. The standard InChI is InChI=1S/C17H24BrNO2/c1-12(2)19-8-3-6-17(7-9-19)11-15(20)14-5-4-13(18)10-16(14)21-17/h4-5,10,12,15,20H,3,6-9,11H2,1-2H3/t15-,17?/m1/s1. The molecule has 0 radical (unpaired) electrons. The molecular weight excluding hydrogens is 330 g/mol. The number of aliphatic hydroxyl groups excluding tert-OH is 1. The summed E-state index contributed by atoms with van der Waals surface area (Å²) in [6.45, 7) is 6.68. The summed E-state index contributed by atoms with van der Waals surface area (Å²) in [5.41, 5.74) is 0.727. The van der Waals surface area contributed by atoms with Crippen LogP contribution in [0.3, 0.4) is 0 Å². The van der Waals surface area contributed by atoms with E-state index in [9.17, 15) is 5.11 Å². The third-order valence-corrected chi connectivity index (χ3v) is 5.38. The molecule has 0 bridgehead atoms. The minimum Gasteiger partial charge on any atom is -0.487 e. The van der Waals surface area contributed by atoms with Crippen molar-refractivity contribution < 1.29 is 9.84 Å². The molecule has 3 nitrogen and oxygen atoms in total. The molecule has 0 amide bonds. The van der Waals surface area contributed by atoms with Crippen LogP contribution in [0, 0.1) is 0 Å². The highest BCUT2D eigenvalue weighted by Crippen LogP contribution is 2.45. The fraction of sp³-hybridized carbons (Fsp3) is 0.647. The summed E-state index contributed by atoms with van der Waals surface area (Å²) in [6.07, 6.45) is 3.46. The normalized spacial score (nSPS) is 30.0. The molecule has 4 heteroatoms. The predicted molar refractivity (Wildman–Crippen MR) is 87.6 cm³/mol. The molecule has 2 heterocycles. The number of ether oxygens (including phenoxy) is 1. The summed E-state index contributed by atoms with van der Waals surface area (Å²) in [5, 5.41) is 10.5. The summed E-state index contributed by atoms with van der Waals surface area (Å²) in [7, 11) is 0. The number of fused-ring (bicyclic) bond motifs is 1. The van der Waals surface area contributed by atoms with E-state index in [0.29, 0.717) is 12.5 Å².